The third kappa shape index (κ3) is 4.80. The zero-order valence-electron chi connectivity index (χ0n) is 5.38. The first kappa shape index (κ1) is 7.94. The molecule has 0 atom stereocenters. The molecule has 0 saturated heterocycles. The third-order valence-electron chi connectivity index (χ3n) is 0.562. The summed E-state index contributed by atoms with van der Waals surface area (Å²) in [7, 11) is 0. The molecule has 0 heterocycles. The van der Waals surface area contributed by atoms with Gasteiger partial charge in [0.05, 0.1) is 0 Å². The van der Waals surface area contributed by atoms with Gasteiger partial charge in [0.15, 0.2) is 0 Å². The maximum atomic E-state index is 10.3. The fourth-order valence-corrected chi connectivity index (χ4v) is 0.313. The van der Waals surface area contributed by atoms with E-state index in [0.29, 0.717) is 0 Å². The number of nitrogens with one attached hydrogen (secondary N) is 1. The largest absolute Gasteiger partial charge is 0.414 e. The lowest BCUT2D eigenvalue weighted by atomic mass is 10.4. The molecule has 0 bridgehead atoms. The average molecular weight is 131 g/mol. The van der Waals surface area contributed by atoms with Crippen LogP contribution in [0.2, 0.25) is 0 Å². The van der Waals surface area contributed by atoms with Crippen LogP contribution in [0.4, 0.5) is 4.79 Å². The van der Waals surface area contributed by atoms with Crippen LogP contribution in [0, 0.1) is 0 Å². The van der Waals surface area contributed by atoms with Gasteiger partial charge in [-0.25, -0.2) is 4.79 Å². The number of ether oxygens (including phenoxy) is 1. The van der Waals surface area contributed by atoms with Crippen molar-refractivity contribution in [3.8, 4) is 0 Å². The van der Waals surface area contributed by atoms with Crippen molar-refractivity contribution in [2.75, 3.05) is 0 Å². The summed E-state index contributed by atoms with van der Waals surface area (Å²) in [5, 5.41) is 2.35. The van der Waals surface area contributed by atoms with Gasteiger partial charge in [-0.15, -0.1) is 0 Å². The summed E-state index contributed by atoms with van der Waals surface area (Å²) in [4.78, 5) is 19.8. The molecule has 4 heteroatoms. The molecule has 1 N–H and O–H groups in total. The Balaban J connectivity index is 3.38. The zero-order valence-corrected chi connectivity index (χ0v) is 5.38. The molecule has 0 unspecified atom stereocenters. The summed E-state index contributed by atoms with van der Waals surface area (Å²) in [5.74, 6) is 0. The Kier molecular flexibility index (Phi) is 3.43. The Morgan fingerprint density at radius 1 is 1.67 bits per heavy atom. The van der Waals surface area contributed by atoms with Crippen LogP contribution in [-0.4, -0.2) is 18.6 Å². The van der Waals surface area contributed by atoms with E-state index in [4.69, 9.17) is 0 Å². The number of alkyl carbamates (subject to hydrolysis) is 1. The van der Waals surface area contributed by atoms with Gasteiger partial charge in [0.25, 0.3) is 0 Å². The molecule has 0 fully saturated rings. The minimum absolute atomic E-state index is 0.00236. The highest BCUT2D eigenvalue weighted by Crippen LogP contribution is 1.77. The van der Waals surface area contributed by atoms with Crippen LogP contribution in [0.15, 0.2) is 0 Å². The Morgan fingerprint density at radius 2 is 2.22 bits per heavy atom. The number of hydrogen-bond acceptors (Lipinski definition) is 3. The molecule has 0 spiro atoms. The topological polar surface area (TPSA) is 55.4 Å². The fourth-order valence-electron chi connectivity index (χ4n) is 0.313. The molecular formula is C5H9NO3. The van der Waals surface area contributed by atoms with Crippen molar-refractivity contribution in [1.29, 1.82) is 0 Å². The maximum absolute atomic E-state index is 10.3. The highest BCUT2D eigenvalue weighted by Gasteiger charge is 2.00. The molecule has 52 valence electrons. The van der Waals surface area contributed by atoms with E-state index in [-0.39, 0.29) is 12.5 Å². The van der Waals surface area contributed by atoms with E-state index in [9.17, 15) is 9.59 Å². The van der Waals surface area contributed by atoms with E-state index in [1.54, 1.807) is 13.8 Å². The van der Waals surface area contributed by atoms with Gasteiger partial charge in [0, 0.05) is 6.04 Å². The minimum Gasteiger partial charge on any atom is -0.379 e. The number of carbonyl (C=O) groups is 2. The molecule has 4 nitrogen and oxygen atoms in total. The van der Waals surface area contributed by atoms with Gasteiger partial charge >= 0.3 is 12.6 Å². The van der Waals surface area contributed by atoms with Crippen molar-refractivity contribution in [3.05, 3.63) is 0 Å². The van der Waals surface area contributed by atoms with Crippen LogP contribution in [0.5, 0.6) is 0 Å². The zero-order chi connectivity index (χ0) is 7.28. The number of rotatable bonds is 2. The van der Waals surface area contributed by atoms with Gasteiger partial charge in [0.1, 0.15) is 0 Å². The predicted molar refractivity (Wildman–Crippen MR) is 30.8 cm³/mol. The van der Waals surface area contributed by atoms with Crippen molar-refractivity contribution < 1.29 is 14.3 Å². The van der Waals surface area contributed by atoms with Crippen LogP contribution >= 0.6 is 0 Å². The van der Waals surface area contributed by atoms with Crippen LogP contribution in [0.1, 0.15) is 13.8 Å². The van der Waals surface area contributed by atoms with Gasteiger partial charge < -0.3 is 10.1 Å². The molecular weight excluding hydrogens is 122 g/mol. The molecule has 0 aliphatic rings. The van der Waals surface area contributed by atoms with E-state index < -0.39 is 6.09 Å². The third-order valence-corrected chi connectivity index (χ3v) is 0.562. The van der Waals surface area contributed by atoms with Crippen molar-refractivity contribution >= 4 is 12.6 Å². The first-order chi connectivity index (χ1) is 4.16. The SMILES string of the molecule is CC(C)NC(=O)OC=O. The normalized spacial score (nSPS) is 8.78. The van der Waals surface area contributed by atoms with Gasteiger partial charge in [-0.1, -0.05) is 0 Å². The Hall–Kier alpha value is -1.06. The lowest BCUT2D eigenvalue weighted by Gasteiger charge is -2.03. The summed E-state index contributed by atoms with van der Waals surface area (Å²) < 4.78 is 3.92. The first-order valence-electron chi connectivity index (χ1n) is 2.57. The molecule has 0 aromatic heterocycles. The molecule has 0 rings (SSSR count). The molecule has 0 saturated carbocycles. The highest BCUT2D eigenvalue weighted by atomic mass is 16.6. The second-order valence-corrected chi connectivity index (χ2v) is 1.80. The van der Waals surface area contributed by atoms with Gasteiger partial charge in [-0.2, -0.15) is 0 Å². The van der Waals surface area contributed by atoms with Crippen molar-refractivity contribution in [2.45, 2.75) is 19.9 Å². The van der Waals surface area contributed by atoms with Crippen LogP contribution in [-0.2, 0) is 9.53 Å². The van der Waals surface area contributed by atoms with E-state index in [0.717, 1.165) is 0 Å². The summed E-state index contributed by atoms with van der Waals surface area (Å²) in [6, 6.07) is -0.00236. The van der Waals surface area contributed by atoms with Crippen molar-refractivity contribution in [1.82, 2.24) is 5.32 Å². The molecule has 0 aliphatic carbocycles. The summed E-state index contributed by atoms with van der Waals surface area (Å²) in [5.41, 5.74) is 0. The predicted octanol–water partition coefficient (Wildman–Crippen LogP) is 0.277. The number of amides is 1. The molecule has 0 aliphatic heterocycles. The van der Waals surface area contributed by atoms with Gasteiger partial charge in [-0.3, -0.25) is 4.79 Å². The lowest BCUT2D eigenvalue weighted by molar-refractivity contribution is -0.123. The minimum atomic E-state index is -0.708. The molecule has 0 aromatic rings. The summed E-state index contributed by atoms with van der Waals surface area (Å²) >= 11 is 0. The quantitative estimate of drug-likeness (QED) is 0.432. The lowest BCUT2D eigenvalue weighted by Crippen LogP contribution is -2.30. The van der Waals surface area contributed by atoms with Crippen LogP contribution in [0.25, 0.3) is 0 Å². The first-order valence-corrected chi connectivity index (χ1v) is 2.57. The van der Waals surface area contributed by atoms with E-state index >= 15 is 0 Å². The maximum Gasteiger partial charge on any atom is 0.414 e. The second kappa shape index (κ2) is 3.88. The Bertz CT molecular complexity index is 111. The van der Waals surface area contributed by atoms with E-state index in [1.807, 2.05) is 0 Å². The monoisotopic (exact) mass is 131 g/mol. The summed E-state index contributed by atoms with van der Waals surface area (Å²) in [6.07, 6.45) is -0.708. The highest BCUT2D eigenvalue weighted by molar-refractivity contribution is 5.74. The second-order valence-electron chi connectivity index (χ2n) is 1.80. The fraction of sp³-hybridized carbons (Fsp3) is 0.600. The smallest absolute Gasteiger partial charge is 0.379 e. The molecule has 1 amide bonds. The average Bonchev–Trinajstić information content (AvgIpc) is 1.63. The molecule has 0 aromatic carbocycles. The van der Waals surface area contributed by atoms with Crippen molar-refractivity contribution in [3.63, 3.8) is 0 Å². The van der Waals surface area contributed by atoms with Gasteiger partial charge in [0.2, 0.25) is 0 Å². The van der Waals surface area contributed by atoms with Crippen LogP contribution in [0.3, 0.4) is 0 Å². The molecule has 9 heavy (non-hydrogen) atoms. The van der Waals surface area contributed by atoms with Crippen LogP contribution < -0.4 is 5.32 Å². The van der Waals surface area contributed by atoms with Crippen molar-refractivity contribution in [2.24, 2.45) is 0 Å². The molecule has 0 radical (unpaired) electrons. The number of hydrogen-bond donors (Lipinski definition) is 1. The Labute approximate surface area is 53.2 Å². The number of carbonyl (C=O) groups excluding carboxylic acids is 2. The van der Waals surface area contributed by atoms with E-state index in [2.05, 4.69) is 10.1 Å². The van der Waals surface area contributed by atoms with Gasteiger partial charge in [-0.05, 0) is 13.8 Å². The van der Waals surface area contributed by atoms with E-state index in [1.165, 1.54) is 0 Å². The summed E-state index contributed by atoms with van der Waals surface area (Å²) in [6.45, 7) is 3.63. The Morgan fingerprint density at radius 3 is 2.56 bits per heavy atom. The standard InChI is InChI=1S/C5H9NO3/c1-4(2)6-5(8)9-3-7/h3-4H,1-2H3,(H,6,8).